The number of nitrogens with one attached hydrogen (secondary N) is 2. The summed E-state index contributed by atoms with van der Waals surface area (Å²) < 4.78 is 26.9. The van der Waals surface area contributed by atoms with Gasteiger partial charge >= 0.3 is 0 Å². The van der Waals surface area contributed by atoms with Gasteiger partial charge in [-0.3, -0.25) is 4.79 Å². The van der Waals surface area contributed by atoms with Crippen LogP contribution in [0, 0.1) is 6.92 Å². The van der Waals surface area contributed by atoms with Crippen LogP contribution >= 0.6 is 11.3 Å². The van der Waals surface area contributed by atoms with Crippen molar-refractivity contribution in [3.05, 3.63) is 87.6 Å². The van der Waals surface area contributed by atoms with Crippen LogP contribution in [0.3, 0.4) is 0 Å². The molecule has 1 amide bonds. The van der Waals surface area contributed by atoms with E-state index in [1.807, 2.05) is 48.7 Å². The maximum absolute atomic E-state index is 12.9. The zero-order valence-corrected chi connectivity index (χ0v) is 17.3. The number of rotatable bonds is 7. The van der Waals surface area contributed by atoms with Crippen molar-refractivity contribution >= 4 is 27.3 Å². The summed E-state index contributed by atoms with van der Waals surface area (Å²) >= 11 is 1.56. The molecule has 3 aromatic rings. The molecule has 2 aromatic carbocycles. The first-order valence-electron chi connectivity index (χ1n) is 8.91. The Kier molecular flexibility index (Phi) is 6.28. The summed E-state index contributed by atoms with van der Waals surface area (Å²) in [6.07, 6.45) is 0. The first-order chi connectivity index (χ1) is 13.4. The number of thiophene rings is 1. The molecule has 1 aromatic heterocycles. The molecule has 2 N–H and O–H groups in total. The quantitative estimate of drug-likeness (QED) is 0.616. The van der Waals surface area contributed by atoms with Crippen LogP contribution in [-0.2, 0) is 10.0 Å². The van der Waals surface area contributed by atoms with Crippen molar-refractivity contribution in [1.29, 1.82) is 0 Å². The third-order valence-electron chi connectivity index (χ3n) is 4.25. The molecule has 7 heteroatoms. The lowest BCUT2D eigenvalue weighted by molar-refractivity contribution is 0.0943. The number of carbonyl (C=O) groups is 1. The van der Waals surface area contributed by atoms with Crippen molar-refractivity contribution < 1.29 is 13.2 Å². The van der Waals surface area contributed by atoms with Gasteiger partial charge in [0.1, 0.15) is 0 Å². The summed E-state index contributed by atoms with van der Waals surface area (Å²) in [6, 6.07) is 17.7. The lowest BCUT2D eigenvalue weighted by Gasteiger charge is -2.19. The zero-order chi connectivity index (χ0) is 20.1. The normalized spacial score (nSPS) is 12.5. The third-order valence-corrected chi connectivity index (χ3v) is 6.74. The van der Waals surface area contributed by atoms with Crippen molar-refractivity contribution in [2.45, 2.75) is 24.8 Å². The van der Waals surface area contributed by atoms with Gasteiger partial charge in [-0.15, -0.1) is 11.3 Å². The van der Waals surface area contributed by atoms with Crippen LogP contribution in [0.25, 0.3) is 0 Å². The molecule has 0 saturated heterocycles. The van der Waals surface area contributed by atoms with Gasteiger partial charge < -0.3 is 5.32 Å². The highest BCUT2D eigenvalue weighted by molar-refractivity contribution is 7.89. The van der Waals surface area contributed by atoms with Gasteiger partial charge in [0.2, 0.25) is 10.0 Å². The van der Waals surface area contributed by atoms with E-state index in [-0.39, 0.29) is 23.4 Å². The topological polar surface area (TPSA) is 75.3 Å². The predicted molar refractivity (Wildman–Crippen MR) is 112 cm³/mol. The van der Waals surface area contributed by atoms with Crippen molar-refractivity contribution in [1.82, 2.24) is 10.0 Å². The standard InChI is InChI=1S/C21H22N2O3S2/c1-3-22-28(25,26)18-7-4-6-17(14-18)21(24)23-20(19-8-5-13-27-19)16-11-9-15(2)10-12-16/h4-14,20,22H,3H2,1-2H3,(H,23,24). The van der Waals surface area contributed by atoms with E-state index in [1.54, 1.807) is 30.4 Å². The van der Waals surface area contributed by atoms with Gasteiger partial charge in [0.25, 0.3) is 5.91 Å². The third kappa shape index (κ3) is 4.67. The van der Waals surface area contributed by atoms with Crippen molar-refractivity contribution in [3.8, 4) is 0 Å². The average Bonchev–Trinajstić information content (AvgIpc) is 3.21. The smallest absolute Gasteiger partial charge is 0.252 e. The Morgan fingerprint density at radius 3 is 2.46 bits per heavy atom. The van der Waals surface area contributed by atoms with E-state index in [0.29, 0.717) is 5.56 Å². The number of carbonyl (C=O) groups excluding carboxylic acids is 1. The highest BCUT2D eigenvalue weighted by Crippen LogP contribution is 2.27. The molecular weight excluding hydrogens is 392 g/mol. The Labute approximate surface area is 169 Å². The van der Waals surface area contributed by atoms with E-state index in [4.69, 9.17) is 0 Å². The molecule has 0 spiro atoms. The molecule has 0 saturated carbocycles. The van der Waals surface area contributed by atoms with E-state index < -0.39 is 10.0 Å². The first kappa shape index (κ1) is 20.3. The fourth-order valence-corrected chi connectivity index (χ4v) is 4.71. The van der Waals surface area contributed by atoms with Gasteiger partial charge in [-0.05, 0) is 42.1 Å². The molecule has 1 unspecified atom stereocenters. The molecule has 5 nitrogen and oxygen atoms in total. The summed E-state index contributed by atoms with van der Waals surface area (Å²) in [5.41, 5.74) is 2.41. The summed E-state index contributed by atoms with van der Waals surface area (Å²) in [7, 11) is -3.62. The second kappa shape index (κ2) is 8.68. The number of hydrogen-bond donors (Lipinski definition) is 2. The Balaban J connectivity index is 1.90. The number of aryl methyl sites for hydroxylation is 1. The van der Waals surface area contributed by atoms with E-state index in [1.165, 1.54) is 12.1 Å². The Hall–Kier alpha value is -2.48. The maximum Gasteiger partial charge on any atom is 0.252 e. The zero-order valence-electron chi connectivity index (χ0n) is 15.7. The van der Waals surface area contributed by atoms with Crippen molar-refractivity contribution in [2.75, 3.05) is 6.54 Å². The minimum atomic E-state index is -3.62. The second-order valence-corrected chi connectivity index (χ2v) is 9.11. The van der Waals surface area contributed by atoms with Crippen LogP contribution < -0.4 is 10.0 Å². The van der Waals surface area contributed by atoms with E-state index in [9.17, 15) is 13.2 Å². The largest absolute Gasteiger partial charge is 0.340 e. The summed E-state index contributed by atoms with van der Waals surface area (Å²) in [5, 5.41) is 5.00. The Bertz CT molecular complexity index is 1040. The number of sulfonamides is 1. The Morgan fingerprint density at radius 2 is 1.82 bits per heavy atom. The fourth-order valence-electron chi connectivity index (χ4n) is 2.83. The molecule has 146 valence electrons. The van der Waals surface area contributed by atoms with Gasteiger partial charge in [0, 0.05) is 17.0 Å². The second-order valence-electron chi connectivity index (χ2n) is 6.36. The summed E-state index contributed by atoms with van der Waals surface area (Å²) in [6.45, 7) is 4.01. The molecule has 0 fully saturated rings. The summed E-state index contributed by atoms with van der Waals surface area (Å²) in [5.74, 6) is -0.326. The van der Waals surface area contributed by atoms with E-state index in [2.05, 4.69) is 10.0 Å². The first-order valence-corrected chi connectivity index (χ1v) is 11.3. The highest BCUT2D eigenvalue weighted by atomic mass is 32.2. The number of amides is 1. The van der Waals surface area contributed by atoms with Crippen molar-refractivity contribution in [2.24, 2.45) is 0 Å². The molecule has 0 aliphatic heterocycles. The molecule has 3 rings (SSSR count). The van der Waals surface area contributed by atoms with E-state index in [0.717, 1.165) is 16.0 Å². The van der Waals surface area contributed by atoms with Gasteiger partial charge in [-0.1, -0.05) is 48.9 Å². The van der Waals surface area contributed by atoms with Crippen LogP contribution in [-0.4, -0.2) is 20.9 Å². The van der Waals surface area contributed by atoms with Crippen LogP contribution in [0.2, 0.25) is 0 Å². The molecule has 0 aliphatic carbocycles. The summed E-state index contributed by atoms with van der Waals surface area (Å²) in [4.78, 5) is 14.0. The molecule has 0 radical (unpaired) electrons. The number of hydrogen-bond acceptors (Lipinski definition) is 4. The van der Waals surface area contributed by atoms with Crippen LogP contribution in [0.15, 0.2) is 70.9 Å². The lowest BCUT2D eigenvalue weighted by Crippen LogP contribution is -2.29. The SMILES string of the molecule is CCNS(=O)(=O)c1cccc(C(=O)NC(c2ccc(C)cc2)c2cccs2)c1. The molecular formula is C21H22N2O3S2. The highest BCUT2D eigenvalue weighted by Gasteiger charge is 2.20. The molecule has 0 aliphatic rings. The predicted octanol–water partition coefficient (Wildman–Crippen LogP) is 3.87. The lowest BCUT2D eigenvalue weighted by atomic mass is 10.0. The monoisotopic (exact) mass is 414 g/mol. The van der Waals surface area contributed by atoms with Gasteiger partial charge in [0.05, 0.1) is 10.9 Å². The minimum Gasteiger partial charge on any atom is -0.340 e. The molecule has 1 heterocycles. The average molecular weight is 415 g/mol. The van der Waals surface area contributed by atoms with Crippen molar-refractivity contribution in [3.63, 3.8) is 0 Å². The van der Waals surface area contributed by atoms with Crippen LogP contribution in [0.5, 0.6) is 0 Å². The van der Waals surface area contributed by atoms with Crippen LogP contribution in [0.4, 0.5) is 0 Å². The number of benzene rings is 2. The minimum absolute atomic E-state index is 0.0741. The molecule has 0 bridgehead atoms. The van der Waals surface area contributed by atoms with Gasteiger partial charge in [-0.25, -0.2) is 13.1 Å². The Morgan fingerprint density at radius 1 is 1.07 bits per heavy atom. The maximum atomic E-state index is 12.9. The fraction of sp³-hybridized carbons (Fsp3) is 0.190. The van der Waals surface area contributed by atoms with Crippen LogP contribution in [0.1, 0.15) is 39.3 Å². The van der Waals surface area contributed by atoms with Gasteiger partial charge in [0.15, 0.2) is 0 Å². The van der Waals surface area contributed by atoms with E-state index >= 15 is 0 Å². The van der Waals surface area contributed by atoms with Gasteiger partial charge in [-0.2, -0.15) is 0 Å². The molecule has 28 heavy (non-hydrogen) atoms. The molecule has 1 atom stereocenters.